The smallest absolute Gasteiger partial charge is 0.127 e. The summed E-state index contributed by atoms with van der Waals surface area (Å²) in [7, 11) is 0. The van der Waals surface area contributed by atoms with E-state index in [9.17, 15) is 13.9 Å². The molecule has 2 aromatic carbocycles. The third kappa shape index (κ3) is 4.62. The lowest BCUT2D eigenvalue weighted by Crippen LogP contribution is -2.27. The summed E-state index contributed by atoms with van der Waals surface area (Å²) < 4.78 is 26.3. The van der Waals surface area contributed by atoms with Crippen LogP contribution in [0.2, 0.25) is 0 Å². The molecule has 2 N–H and O–H groups in total. The molecule has 0 fully saturated rings. The van der Waals surface area contributed by atoms with Gasteiger partial charge in [-0.3, -0.25) is 0 Å². The Morgan fingerprint density at radius 2 is 1.71 bits per heavy atom. The van der Waals surface area contributed by atoms with Crippen molar-refractivity contribution in [3.05, 3.63) is 71.3 Å². The maximum atomic E-state index is 13.5. The van der Waals surface area contributed by atoms with Crippen molar-refractivity contribution < 1.29 is 13.9 Å². The molecular weight excluding hydrogens is 272 g/mol. The third-order valence-electron chi connectivity index (χ3n) is 3.43. The number of hydrogen-bond acceptors (Lipinski definition) is 2. The summed E-state index contributed by atoms with van der Waals surface area (Å²) in [5.41, 5.74) is 1.27. The summed E-state index contributed by atoms with van der Waals surface area (Å²) in [5, 5.41) is 13.3. The highest BCUT2D eigenvalue weighted by atomic mass is 19.1. The highest BCUT2D eigenvalue weighted by Gasteiger charge is 2.12. The zero-order valence-electron chi connectivity index (χ0n) is 11.9. The Kier molecular flexibility index (Phi) is 5.42. The second kappa shape index (κ2) is 7.29. The highest BCUT2D eigenvalue weighted by Crippen LogP contribution is 2.19. The van der Waals surface area contributed by atoms with Crippen LogP contribution in [-0.2, 0) is 6.54 Å². The topological polar surface area (TPSA) is 32.3 Å². The Bertz CT molecular complexity index is 571. The van der Waals surface area contributed by atoms with E-state index in [0.29, 0.717) is 24.1 Å². The molecule has 112 valence electrons. The first-order chi connectivity index (χ1) is 10.1. The quantitative estimate of drug-likeness (QED) is 0.853. The Morgan fingerprint density at radius 1 is 1.05 bits per heavy atom. The van der Waals surface area contributed by atoms with Gasteiger partial charge in [0.2, 0.25) is 0 Å². The van der Waals surface area contributed by atoms with E-state index in [2.05, 4.69) is 5.32 Å². The minimum absolute atomic E-state index is 0.00431. The average molecular weight is 291 g/mol. The van der Waals surface area contributed by atoms with Crippen molar-refractivity contribution >= 4 is 0 Å². The van der Waals surface area contributed by atoms with Crippen molar-refractivity contribution in [3.63, 3.8) is 0 Å². The third-order valence-corrected chi connectivity index (χ3v) is 3.43. The van der Waals surface area contributed by atoms with Crippen LogP contribution in [0.4, 0.5) is 8.78 Å². The number of benzene rings is 2. The molecule has 0 spiro atoms. The number of halogens is 2. The Balaban J connectivity index is 1.85. The van der Waals surface area contributed by atoms with Gasteiger partial charge in [-0.25, -0.2) is 8.78 Å². The van der Waals surface area contributed by atoms with Crippen molar-refractivity contribution in [3.8, 4) is 0 Å². The van der Waals surface area contributed by atoms with Crippen molar-refractivity contribution in [1.82, 2.24) is 5.32 Å². The van der Waals surface area contributed by atoms with Crippen LogP contribution in [0.5, 0.6) is 0 Å². The number of hydrogen-bond donors (Lipinski definition) is 2. The molecule has 0 heterocycles. The lowest BCUT2D eigenvalue weighted by molar-refractivity contribution is 0.153. The van der Waals surface area contributed by atoms with Crippen LogP contribution in [-0.4, -0.2) is 11.1 Å². The summed E-state index contributed by atoms with van der Waals surface area (Å²) in [6, 6.07) is 12.4. The molecule has 0 aliphatic rings. The first-order valence-electron chi connectivity index (χ1n) is 6.96. The summed E-state index contributed by atoms with van der Waals surface area (Å²) in [6.07, 6.45) is -0.200. The van der Waals surface area contributed by atoms with Gasteiger partial charge >= 0.3 is 0 Å². The van der Waals surface area contributed by atoms with Gasteiger partial charge < -0.3 is 10.4 Å². The normalized spacial score (nSPS) is 13.9. The second-order valence-electron chi connectivity index (χ2n) is 5.18. The van der Waals surface area contributed by atoms with E-state index in [-0.39, 0.29) is 17.7 Å². The average Bonchev–Trinajstić information content (AvgIpc) is 2.47. The van der Waals surface area contributed by atoms with Gasteiger partial charge in [0.1, 0.15) is 11.6 Å². The van der Waals surface area contributed by atoms with Crippen LogP contribution in [0.25, 0.3) is 0 Å². The standard InChI is InChI=1S/C17H19F2NO/c1-12(20-11-14-4-2-3-5-16(14)19)10-17(21)13-6-8-15(18)9-7-13/h2-9,12,17,20-21H,10-11H2,1H3. The summed E-state index contributed by atoms with van der Waals surface area (Å²) in [5.74, 6) is -0.562. The molecule has 2 atom stereocenters. The predicted octanol–water partition coefficient (Wildman–Crippen LogP) is 3.57. The second-order valence-corrected chi connectivity index (χ2v) is 5.18. The van der Waals surface area contributed by atoms with Crippen molar-refractivity contribution in [1.29, 1.82) is 0 Å². The van der Waals surface area contributed by atoms with Gasteiger partial charge in [0, 0.05) is 18.2 Å². The Morgan fingerprint density at radius 3 is 2.38 bits per heavy atom. The van der Waals surface area contributed by atoms with Crippen LogP contribution in [0.15, 0.2) is 48.5 Å². The molecule has 4 heteroatoms. The predicted molar refractivity (Wildman–Crippen MR) is 78.7 cm³/mol. The fourth-order valence-corrected chi connectivity index (χ4v) is 2.17. The van der Waals surface area contributed by atoms with Crippen molar-refractivity contribution in [2.45, 2.75) is 32.0 Å². The van der Waals surface area contributed by atoms with Crippen molar-refractivity contribution in [2.75, 3.05) is 0 Å². The van der Waals surface area contributed by atoms with Crippen LogP contribution in [0.1, 0.15) is 30.6 Å². The van der Waals surface area contributed by atoms with Crippen LogP contribution in [0.3, 0.4) is 0 Å². The maximum absolute atomic E-state index is 13.5. The molecule has 21 heavy (non-hydrogen) atoms. The van der Waals surface area contributed by atoms with E-state index >= 15 is 0 Å². The first kappa shape index (κ1) is 15.6. The molecule has 0 bridgehead atoms. The lowest BCUT2D eigenvalue weighted by Gasteiger charge is -2.18. The molecule has 0 aliphatic carbocycles. The SMILES string of the molecule is CC(CC(O)c1ccc(F)cc1)NCc1ccccc1F. The van der Waals surface area contributed by atoms with Crippen molar-refractivity contribution in [2.24, 2.45) is 0 Å². The fourth-order valence-electron chi connectivity index (χ4n) is 2.17. The molecule has 2 rings (SSSR count). The van der Waals surface area contributed by atoms with Crippen LogP contribution >= 0.6 is 0 Å². The van der Waals surface area contributed by atoms with E-state index in [1.54, 1.807) is 30.3 Å². The van der Waals surface area contributed by atoms with Crippen LogP contribution < -0.4 is 5.32 Å². The molecule has 0 saturated heterocycles. The summed E-state index contributed by atoms with van der Waals surface area (Å²) in [6.45, 7) is 2.33. The van der Waals surface area contributed by atoms with Gasteiger partial charge in [0.15, 0.2) is 0 Å². The minimum Gasteiger partial charge on any atom is -0.388 e. The molecule has 0 radical (unpaired) electrons. The van der Waals surface area contributed by atoms with Gasteiger partial charge in [0.05, 0.1) is 6.10 Å². The summed E-state index contributed by atoms with van der Waals surface area (Å²) in [4.78, 5) is 0. The van der Waals surface area contributed by atoms with Gasteiger partial charge in [-0.15, -0.1) is 0 Å². The van der Waals surface area contributed by atoms with Gasteiger partial charge in [-0.1, -0.05) is 30.3 Å². The van der Waals surface area contributed by atoms with E-state index in [4.69, 9.17) is 0 Å². The van der Waals surface area contributed by atoms with E-state index in [1.165, 1.54) is 18.2 Å². The van der Waals surface area contributed by atoms with Gasteiger partial charge in [-0.05, 0) is 37.1 Å². The fraction of sp³-hybridized carbons (Fsp3) is 0.294. The lowest BCUT2D eigenvalue weighted by atomic mass is 10.0. The Hall–Kier alpha value is -1.78. The molecule has 0 aromatic heterocycles. The van der Waals surface area contributed by atoms with E-state index in [0.717, 1.165) is 0 Å². The molecular formula is C17H19F2NO. The molecule has 2 unspecified atom stereocenters. The molecule has 2 nitrogen and oxygen atoms in total. The molecule has 0 amide bonds. The largest absolute Gasteiger partial charge is 0.388 e. The number of aliphatic hydroxyl groups is 1. The highest BCUT2D eigenvalue weighted by molar-refractivity contribution is 5.19. The number of rotatable bonds is 6. The van der Waals surface area contributed by atoms with E-state index in [1.807, 2.05) is 6.92 Å². The number of aliphatic hydroxyl groups excluding tert-OH is 1. The molecule has 0 aliphatic heterocycles. The Labute approximate surface area is 123 Å². The summed E-state index contributed by atoms with van der Waals surface area (Å²) >= 11 is 0. The zero-order chi connectivity index (χ0) is 15.2. The van der Waals surface area contributed by atoms with Crippen LogP contribution in [0, 0.1) is 11.6 Å². The minimum atomic E-state index is -0.672. The van der Waals surface area contributed by atoms with Gasteiger partial charge in [0.25, 0.3) is 0 Å². The maximum Gasteiger partial charge on any atom is 0.127 e. The van der Waals surface area contributed by atoms with E-state index < -0.39 is 6.10 Å². The first-order valence-corrected chi connectivity index (χ1v) is 6.96. The molecule has 2 aromatic rings. The number of nitrogens with one attached hydrogen (secondary N) is 1. The monoisotopic (exact) mass is 291 g/mol. The molecule has 0 saturated carbocycles. The van der Waals surface area contributed by atoms with Gasteiger partial charge in [-0.2, -0.15) is 0 Å². The zero-order valence-corrected chi connectivity index (χ0v) is 11.9.